The van der Waals surface area contributed by atoms with Gasteiger partial charge in [0.1, 0.15) is 37.4 Å². The fraction of sp³-hybridized carbons (Fsp3) is 0.375. The molecule has 0 radical (unpaired) electrons. The smallest absolute Gasteiger partial charge is 0.264 e. The third-order valence-electron chi connectivity index (χ3n) is 7.91. The summed E-state index contributed by atoms with van der Waals surface area (Å²) >= 11 is 0. The van der Waals surface area contributed by atoms with E-state index in [0.717, 1.165) is 48.5 Å². The van der Waals surface area contributed by atoms with Gasteiger partial charge in [-0.1, -0.05) is 37.5 Å². The molecule has 2 amide bonds. The van der Waals surface area contributed by atoms with Crippen molar-refractivity contribution in [1.82, 2.24) is 10.2 Å². The summed E-state index contributed by atoms with van der Waals surface area (Å²) in [5, 5.41) is 3.00. The quantitative estimate of drug-likeness (QED) is 0.347. The molecule has 44 heavy (non-hydrogen) atoms. The second-order valence-electron chi connectivity index (χ2n) is 10.9. The van der Waals surface area contributed by atoms with E-state index in [-0.39, 0.29) is 41.1 Å². The number of ether oxygens (including phenoxy) is 2. The lowest BCUT2D eigenvalue weighted by Gasteiger charge is -2.33. The van der Waals surface area contributed by atoms with E-state index in [4.69, 9.17) is 9.47 Å². The largest absolute Gasteiger partial charge is 0.486 e. The topological polar surface area (TPSA) is 105 Å². The van der Waals surface area contributed by atoms with Crippen LogP contribution in [0.25, 0.3) is 0 Å². The molecule has 1 saturated carbocycles. The fourth-order valence-electron chi connectivity index (χ4n) is 5.41. The Labute approximate surface area is 255 Å². The summed E-state index contributed by atoms with van der Waals surface area (Å²) in [4.78, 5) is 28.4. The highest BCUT2D eigenvalue weighted by molar-refractivity contribution is 7.92. The number of anilines is 1. The number of amides is 2. The van der Waals surface area contributed by atoms with Gasteiger partial charge in [0.2, 0.25) is 11.8 Å². The Hall–Kier alpha value is -4.19. The minimum atomic E-state index is -4.43. The van der Waals surface area contributed by atoms with Crippen molar-refractivity contribution in [2.45, 2.75) is 62.6 Å². The van der Waals surface area contributed by atoms with Crippen molar-refractivity contribution in [3.05, 3.63) is 83.9 Å². The molecule has 234 valence electrons. The van der Waals surface area contributed by atoms with Crippen molar-refractivity contribution in [2.75, 3.05) is 24.1 Å². The van der Waals surface area contributed by atoms with E-state index in [0.29, 0.717) is 12.4 Å². The molecule has 0 spiro atoms. The average Bonchev–Trinajstić information content (AvgIpc) is 3.03. The predicted octanol–water partition coefficient (Wildman–Crippen LogP) is 4.80. The molecule has 12 heteroatoms. The molecule has 0 saturated heterocycles. The van der Waals surface area contributed by atoms with Crippen LogP contribution in [0.2, 0.25) is 0 Å². The van der Waals surface area contributed by atoms with Crippen molar-refractivity contribution >= 4 is 27.5 Å². The third-order valence-corrected chi connectivity index (χ3v) is 9.68. The van der Waals surface area contributed by atoms with Crippen LogP contribution in [0.1, 0.15) is 44.6 Å². The zero-order chi connectivity index (χ0) is 31.3. The highest BCUT2D eigenvalue weighted by Gasteiger charge is 2.34. The van der Waals surface area contributed by atoms with Gasteiger partial charge < -0.3 is 19.7 Å². The normalized spacial score (nSPS) is 15.7. The first-order chi connectivity index (χ1) is 21.1. The zero-order valence-corrected chi connectivity index (χ0v) is 25.2. The Bertz CT molecular complexity index is 1600. The predicted molar refractivity (Wildman–Crippen MR) is 160 cm³/mol. The summed E-state index contributed by atoms with van der Waals surface area (Å²) in [6.07, 6.45) is 4.72. The van der Waals surface area contributed by atoms with Gasteiger partial charge in [-0.05, 0) is 62.2 Å². The van der Waals surface area contributed by atoms with E-state index in [9.17, 15) is 26.8 Å². The number of benzene rings is 3. The molecular formula is C32H35F2N3O6S. The Morgan fingerprint density at radius 1 is 0.932 bits per heavy atom. The van der Waals surface area contributed by atoms with Gasteiger partial charge >= 0.3 is 0 Å². The van der Waals surface area contributed by atoms with Crippen LogP contribution in [0.15, 0.2) is 71.6 Å². The molecule has 9 nitrogen and oxygen atoms in total. The highest BCUT2D eigenvalue weighted by atomic mass is 32.2. The van der Waals surface area contributed by atoms with Gasteiger partial charge in [0.15, 0.2) is 11.5 Å². The summed E-state index contributed by atoms with van der Waals surface area (Å²) in [6, 6.07) is 13.6. The summed E-state index contributed by atoms with van der Waals surface area (Å²) in [5.41, 5.74) is 0.195. The number of carbonyl (C=O) groups excluding carboxylic acids is 2. The molecule has 3 aromatic rings. The molecular weight excluding hydrogens is 592 g/mol. The van der Waals surface area contributed by atoms with E-state index in [1.54, 1.807) is 6.07 Å². The number of carbonyl (C=O) groups is 2. The summed E-state index contributed by atoms with van der Waals surface area (Å²) in [7, 11) is -4.43. The molecule has 0 aromatic heterocycles. The minimum absolute atomic E-state index is 0.0276. The second kappa shape index (κ2) is 13.6. The molecule has 1 aliphatic heterocycles. The lowest BCUT2D eigenvalue weighted by Crippen LogP contribution is -2.53. The van der Waals surface area contributed by atoms with Crippen LogP contribution < -0.4 is 19.1 Å². The number of sulfonamides is 1. The first-order valence-corrected chi connectivity index (χ1v) is 16.1. The van der Waals surface area contributed by atoms with Crippen molar-refractivity contribution in [3.8, 4) is 11.5 Å². The van der Waals surface area contributed by atoms with Gasteiger partial charge in [-0.2, -0.15) is 0 Å². The first-order valence-electron chi connectivity index (χ1n) is 14.6. The van der Waals surface area contributed by atoms with Crippen LogP contribution in [-0.4, -0.2) is 57.0 Å². The number of halogens is 2. The lowest BCUT2D eigenvalue weighted by atomic mass is 9.95. The van der Waals surface area contributed by atoms with Gasteiger partial charge in [0, 0.05) is 24.2 Å². The van der Waals surface area contributed by atoms with Crippen molar-refractivity contribution < 1.29 is 36.3 Å². The molecule has 1 atom stereocenters. The fourth-order valence-corrected chi connectivity index (χ4v) is 6.84. The minimum Gasteiger partial charge on any atom is -0.486 e. The number of nitrogens with zero attached hydrogens (tertiary/aromatic N) is 2. The van der Waals surface area contributed by atoms with Gasteiger partial charge in [0.25, 0.3) is 10.0 Å². The van der Waals surface area contributed by atoms with Crippen LogP contribution in [0, 0.1) is 11.6 Å². The molecule has 3 aromatic carbocycles. The average molecular weight is 628 g/mol. The second-order valence-corrected chi connectivity index (χ2v) is 12.8. The van der Waals surface area contributed by atoms with Crippen LogP contribution in [0.4, 0.5) is 14.5 Å². The Morgan fingerprint density at radius 2 is 1.61 bits per heavy atom. The molecule has 5 rings (SSSR count). The van der Waals surface area contributed by atoms with Crippen LogP contribution in [0.3, 0.4) is 0 Å². The summed E-state index contributed by atoms with van der Waals surface area (Å²) in [5.74, 6) is -1.70. The first kappa shape index (κ1) is 31.2. The maximum absolute atomic E-state index is 14.8. The third kappa shape index (κ3) is 7.12. The van der Waals surface area contributed by atoms with E-state index < -0.39 is 46.1 Å². The molecule has 1 N–H and O–H groups in total. The molecule has 2 aliphatic rings. The number of hydrogen-bond donors (Lipinski definition) is 1. The maximum atomic E-state index is 14.8. The number of hydrogen-bond acceptors (Lipinski definition) is 6. The Kier molecular flexibility index (Phi) is 9.68. The van der Waals surface area contributed by atoms with E-state index in [1.807, 2.05) is 0 Å². The van der Waals surface area contributed by atoms with E-state index in [1.165, 1.54) is 60.4 Å². The van der Waals surface area contributed by atoms with Crippen molar-refractivity contribution in [1.29, 1.82) is 0 Å². The molecule has 0 unspecified atom stereocenters. The highest BCUT2D eigenvalue weighted by Crippen LogP contribution is 2.34. The van der Waals surface area contributed by atoms with Gasteiger partial charge in [-0.15, -0.1) is 0 Å². The summed E-state index contributed by atoms with van der Waals surface area (Å²) < 4.78 is 68.7. The molecule has 1 aliphatic carbocycles. The van der Waals surface area contributed by atoms with Gasteiger partial charge in [-0.3, -0.25) is 13.9 Å². The maximum Gasteiger partial charge on any atom is 0.264 e. The monoisotopic (exact) mass is 627 g/mol. The number of rotatable bonds is 10. The van der Waals surface area contributed by atoms with Crippen LogP contribution in [-0.2, 0) is 26.2 Å². The van der Waals surface area contributed by atoms with Crippen molar-refractivity contribution in [2.24, 2.45) is 0 Å². The molecule has 1 heterocycles. The lowest BCUT2D eigenvalue weighted by molar-refractivity contribution is -0.139. The van der Waals surface area contributed by atoms with E-state index in [2.05, 4.69) is 5.32 Å². The van der Waals surface area contributed by atoms with Crippen LogP contribution >= 0.6 is 0 Å². The Morgan fingerprint density at radius 3 is 2.32 bits per heavy atom. The standard InChI is InChI=1S/C32H35F2N3O6S/c1-22(32(39)35-25-8-3-2-4-9-25)36(20-23-7-5-6-10-28(23)34)31(38)21-37(26-13-11-24(33)12-14-26)44(40,41)27-15-16-29-30(19-27)43-18-17-42-29/h5-7,10-16,19,22,25H,2-4,8-9,17-18,20-21H2,1H3,(H,35,39)/t22-/m1/s1. The van der Waals surface area contributed by atoms with Crippen LogP contribution in [0.5, 0.6) is 11.5 Å². The van der Waals surface area contributed by atoms with Gasteiger partial charge in [-0.25, -0.2) is 17.2 Å². The van der Waals surface area contributed by atoms with Crippen molar-refractivity contribution in [3.63, 3.8) is 0 Å². The number of nitrogens with one attached hydrogen (secondary N) is 1. The number of fused-ring (bicyclic) bond motifs is 1. The van der Waals surface area contributed by atoms with E-state index >= 15 is 0 Å². The van der Waals surface area contributed by atoms with Gasteiger partial charge in [0.05, 0.1) is 10.6 Å². The SMILES string of the molecule is C[C@H](C(=O)NC1CCCCC1)N(Cc1ccccc1F)C(=O)CN(c1ccc(F)cc1)S(=O)(=O)c1ccc2c(c1)OCCO2. The summed E-state index contributed by atoms with van der Waals surface area (Å²) in [6.45, 7) is 1.08. The Balaban J connectivity index is 1.48. The zero-order valence-electron chi connectivity index (χ0n) is 24.4. The molecule has 1 fully saturated rings. The molecule has 0 bridgehead atoms.